The van der Waals surface area contributed by atoms with Gasteiger partial charge in [-0.15, -0.1) is 0 Å². The summed E-state index contributed by atoms with van der Waals surface area (Å²) < 4.78 is 5.96. The zero-order chi connectivity index (χ0) is 14.6. The summed E-state index contributed by atoms with van der Waals surface area (Å²) in [7, 11) is 1.58. The minimum absolute atomic E-state index is 0.233. The Morgan fingerprint density at radius 1 is 1.42 bits per heavy atom. The second-order valence-corrected chi connectivity index (χ2v) is 5.58. The number of nitrogens with one attached hydrogen (secondary N) is 1. The molecule has 0 aliphatic carbocycles. The van der Waals surface area contributed by atoms with Crippen molar-refractivity contribution in [3.63, 3.8) is 0 Å². The highest BCUT2D eigenvalue weighted by atomic mass is 79.9. The first kappa shape index (κ1) is 15.5. The fourth-order valence-corrected chi connectivity index (χ4v) is 2.11. The third-order valence-corrected chi connectivity index (χ3v) is 3.44. The van der Waals surface area contributed by atoms with Gasteiger partial charge in [0.2, 0.25) is 0 Å². The Kier molecular flexibility index (Phi) is 4.94. The second-order valence-electron chi connectivity index (χ2n) is 4.72. The molecule has 0 heterocycles. The first-order valence-corrected chi connectivity index (χ1v) is 6.42. The number of methoxy groups -OCH3 is 1. The third-order valence-electron chi connectivity index (χ3n) is 2.82. The SMILES string of the molecule is COc1ccc(C(C)(C)CNC(=O)C(=O)O)cc1Br. The van der Waals surface area contributed by atoms with Gasteiger partial charge in [0.25, 0.3) is 0 Å². The lowest BCUT2D eigenvalue weighted by Crippen LogP contribution is -2.39. The number of ether oxygens (including phenoxy) is 1. The molecule has 0 atom stereocenters. The highest BCUT2D eigenvalue weighted by molar-refractivity contribution is 9.10. The number of halogens is 1. The van der Waals surface area contributed by atoms with Crippen LogP contribution in [0.3, 0.4) is 0 Å². The molecule has 0 unspecified atom stereocenters. The van der Waals surface area contributed by atoms with E-state index in [2.05, 4.69) is 21.2 Å². The summed E-state index contributed by atoms with van der Waals surface area (Å²) in [5.74, 6) is -1.76. The van der Waals surface area contributed by atoms with Crippen LogP contribution in [-0.4, -0.2) is 30.6 Å². The Labute approximate surface area is 120 Å². The van der Waals surface area contributed by atoms with Crippen molar-refractivity contribution in [2.45, 2.75) is 19.3 Å². The lowest BCUT2D eigenvalue weighted by atomic mass is 9.84. The minimum Gasteiger partial charge on any atom is -0.496 e. The second kappa shape index (κ2) is 6.06. The molecular formula is C13H16BrNO4. The molecule has 19 heavy (non-hydrogen) atoms. The first-order chi connectivity index (χ1) is 8.77. The van der Waals surface area contributed by atoms with Gasteiger partial charge in [0.1, 0.15) is 5.75 Å². The highest BCUT2D eigenvalue weighted by Crippen LogP contribution is 2.31. The molecule has 5 nitrogen and oxygen atoms in total. The number of rotatable bonds is 4. The highest BCUT2D eigenvalue weighted by Gasteiger charge is 2.23. The van der Waals surface area contributed by atoms with Crippen molar-refractivity contribution < 1.29 is 19.4 Å². The van der Waals surface area contributed by atoms with Crippen molar-refractivity contribution in [3.8, 4) is 5.75 Å². The Hall–Kier alpha value is -1.56. The van der Waals surface area contributed by atoms with Gasteiger partial charge >= 0.3 is 11.9 Å². The van der Waals surface area contributed by atoms with Crippen LogP contribution >= 0.6 is 15.9 Å². The fourth-order valence-electron chi connectivity index (χ4n) is 1.57. The Morgan fingerprint density at radius 3 is 2.53 bits per heavy atom. The maximum atomic E-state index is 11.0. The molecule has 0 aliphatic heterocycles. The van der Waals surface area contributed by atoms with E-state index in [0.717, 1.165) is 10.0 Å². The van der Waals surface area contributed by atoms with Crippen LogP contribution in [0.5, 0.6) is 5.75 Å². The van der Waals surface area contributed by atoms with Crippen LogP contribution in [0.15, 0.2) is 22.7 Å². The van der Waals surface area contributed by atoms with E-state index in [1.165, 1.54) is 0 Å². The van der Waals surface area contributed by atoms with Crippen LogP contribution in [0.25, 0.3) is 0 Å². The molecule has 104 valence electrons. The Bertz CT molecular complexity index is 499. The molecule has 2 N–H and O–H groups in total. The van der Waals surface area contributed by atoms with Crippen molar-refractivity contribution in [1.82, 2.24) is 5.32 Å². The molecule has 6 heteroatoms. The summed E-state index contributed by atoms with van der Waals surface area (Å²) >= 11 is 3.40. The van der Waals surface area contributed by atoms with Crippen LogP contribution in [-0.2, 0) is 15.0 Å². The van der Waals surface area contributed by atoms with Gasteiger partial charge < -0.3 is 15.2 Å². The van der Waals surface area contributed by atoms with E-state index in [4.69, 9.17) is 9.84 Å². The molecule has 0 fully saturated rings. The van der Waals surface area contributed by atoms with Gasteiger partial charge in [0.15, 0.2) is 0 Å². The monoisotopic (exact) mass is 329 g/mol. The summed E-state index contributed by atoms with van der Waals surface area (Å²) in [5.41, 5.74) is 0.575. The summed E-state index contributed by atoms with van der Waals surface area (Å²) in [4.78, 5) is 21.5. The van der Waals surface area contributed by atoms with Gasteiger partial charge in [0.05, 0.1) is 11.6 Å². The number of carboxylic acids is 1. The normalized spacial score (nSPS) is 10.9. The maximum Gasteiger partial charge on any atom is 0.394 e. The first-order valence-electron chi connectivity index (χ1n) is 5.63. The van der Waals surface area contributed by atoms with Gasteiger partial charge in [-0.2, -0.15) is 0 Å². The van der Waals surface area contributed by atoms with Gasteiger partial charge in [-0.1, -0.05) is 19.9 Å². The van der Waals surface area contributed by atoms with Crippen LogP contribution < -0.4 is 10.1 Å². The molecule has 0 saturated carbocycles. The number of hydrogen-bond donors (Lipinski definition) is 2. The standard InChI is InChI=1S/C13H16BrNO4/c1-13(2,7-15-11(16)12(17)18)8-4-5-10(19-3)9(14)6-8/h4-6H,7H2,1-3H3,(H,15,16)(H,17,18). The topological polar surface area (TPSA) is 75.6 Å². The zero-order valence-electron chi connectivity index (χ0n) is 11.0. The summed E-state index contributed by atoms with van der Waals surface area (Å²) in [6.45, 7) is 4.07. The molecule has 1 amide bonds. The van der Waals surface area contributed by atoms with Crippen molar-refractivity contribution in [3.05, 3.63) is 28.2 Å². The molecule has 0 radical (unpaired) electrons. The van der Waals surface area contributed by atoms with E-state index in [9.17, 15) is 9.59 Å². The van der Waals surface area contributed by atoms with Gasteiger partial charge in [-0.25, -0.2) is 4.79 Å². The smallest absolute Gasteiger partial charge is 0.394 e. The van der Waals surface area contributed by atoms with Gasteiger partial charge in [0, 0.05) is 12.0 Å². The molecule has 0 aromatic heterocycles. The molecule has 0 aliphatic rings. The Balaban J connectivity index is 2.85. The average molecular weight is 330 g/mol. The molecule has 0 bridgehead atoms. The lowest BCUT2D eigenvalue weighted by Gasteiger charge is -2.25. The summed E-state index contributed by atoms with van der Waals surface area (Å²) in [6, 6.07) is 5.60. The number of carbonyl (C=O) groups excluding carboxylic acids is 1. The van der Waals surface area contributed by atoms with Crippen LogP contribution in [0.2, 0.25) is 0 Å². The summed E-state index contributed by atoms with van der Waals surface area (Å²) in [5, 5.41) is 10.9. The van der Waals surface area contributed by atoms with E-state index in [0.29, 0.717) is 5.75 Å². The largest absolute Gasteiger partial charge is 0.496 e. The van der Waals surface area contributed by atoms with Crippen molar-refractivity contribution in [2.24, 2.45) is 0 Å². The third kappa shape index (κ3) is 3.96. The number of amides is 1. The van der Waals surface area contributed by atoms with Crippen molar-refractivity contribution >= 4 is 27.8 Å². The number of benzene rings is 1. The minimum atomic E-state index is -1.48. The van der Waals surface area contributed by atoms with E-state index in [1.54, 1.807) is 7.11 Å². The number of hydrogen-bond acceptors (Lipinski definition) is 3. The number of carboxylic acid groups (broad SMARTS) is 1. The van der Waals surface area contributed by atoms with Crippen LogP contribution in [0, 0.1) is 0 Å². The molecule has 1 rings (SSSR count). The molecule has 1 aromatic rings. The van der Waals surface area contributed by atoms with E-state index in [-0.39, 0.29) is 12.0 Å². The zero-order valence-corrected chi connectivity index (χ0v) is 12.6. The predicted octanol–water partition coefficient (Wildman–Crippen LogP) is 1.94. The van der Waals surface area contributed by atoms with Crippen LogP contribution in [0.4, 0.5) is 0 Å². The molecule has 1 aromatic carbocycles. The summed E-state index contributed by atoms with van der Waals surface area (Å²) in [6.07, 6.45) is 0. The number of aliphatic carboxylic acids is 1. The average Bonchev–Trinajstić information content (AvgIpc) is 2.35. The fraction of sp³-hybridized carbons (Fsp3) is 0.385. The van der Waals surface area contributed by atoms with Crippen LogP contribution in [0.1, 0.15) is 19.4 Å². The van der Waals surface area contributed by atoms with Gasteiger partial charge in [-0.05, 0) is 33.6 Å². The van der Waals surface area contributed by atoms with E-state index < -0.39 is 11.9 Å². The van der Waals surface area contributed by atoms with Crippen molar-refractivity contribution in [1.29, 1.82) is 0 Å². The van der Waals surface area contributed by atoms with E-state index in [1.807, 2.05) is 32.0 Å². The molecule has 0 spiro atoms. The van der Waals surface area contributed by atoms with Crippen molar-refractivity contribution in [2.75, 3.05) is 13.7 Å². The lowest BCUT2D eigenvalue weighted by molar-refractivity contribution is -0.150. The molecular weight excluding hydrogens is 314 g/mol. The quantitative estimate of drug-likeness (QED) is 0.828. The predicted molar refractivity (Wildman–Crippen MR) is 74.4 cm³/mol. The maximum absolute atomic E-state index is 11.0. The number of carbonyl (C=O) groups is 2. The van der Waals surface area contributed by atoms with E-state index >= 15 is 0 Å². The Morgan fingerprint density at radius 2 is 2.05 bits per heavy atom. The molecule has 0 saturated heterocycles. The van der Waals surface area contributed by atoms with Gasteiger partial charge in [-0.3, -0.25) is 4.79 Å².